The maximum atomic E-state index is 13.8. The van der Waals surface area contributed by atoms with Gasteiger partial charge in [-0.3, -0.25) is 9.69 Å². The Kier molecular flexibility index (Phi) is 9.60. The number of hydrazone groups is 1. The summed E-state index contributed by atoms with van der Waals surface area (Å²) in [6, 6.07) is 14.4. The van der Waals surface area contributed by atoms with E-state index in [1.54, 1.807) is 12.0 Å². The van der Waals surface area contributed by atoms with Crippen LogP contribution in [0.2, 0.25) is 5.02 Å². The van der Waals surface area contributed by atoms with Gasteiger partial charge in [-0.25, -0.2) is 9.80 Å². The number of morpholine rings is 1. The highest BCUT2D eigenvalue weighted by Crippen LogP contribution is 2.36. The number of benzene rings is 2. The van der Waals surface area contributed by atoms with Crippen LogP contribution >= 0.6 is 11.6 Å². The topological polar surface area (TPSA) is 86.7 Å². The van der Waals surface area contributed by atoms with Crippen LogP contribution in [0.5, 0.6) is 5.75 Å². The average Bonchev–Trinajstić information content (AvgIpc) is 3.37. The van der Waals surface area contributed by atoms with E-state index in [2.05, 4.69) is 10.2 Å². The van der Waals surface area contributed by atoms with Gasteiger partial charge >= 0.3 is 6.03 Å². The van der Waals surface area contributed by atoms with E-state index in [0.29, 0.717) is 43.5 Å². The minimum absolute atomic E-state index is 0.0520. The number of amides is 3. The SMILES string of the molecule is COc1cccc(C2=NN(C(=O)CN(CCN3CCOCC3)C(=O)NC(C)C)C(c3ccccc3Cl)C2)c1. The first kappa shape index (κ1) is 27.9. The van der Waals surface area contributed by atoms with E-state index >= 15 is 0 Å². The lowest BCUT2D eigenvalue weighted by molar-refractivity contribution is -0.133. The van der Waals surface area contributed by atoms with Gasteiger partial charge in [0.2, 0.25) is 0 Å². The Morgan fingerprint density at radius 1 is 1.18 bits per heavy atom. The molecule has 10 heteroatoms. The number of nitrogens with zero attached hydrogens (tertiary/aromatic N) is 4. The molecule has 1 saturated heterocycles. The van der Waals surface area contributed by atoms with Crippen LogP contribution in [0.15, 0.2) is 53.6 Å². The molecule has 2 aliphatic heterocycles. The lowest BCUT2D eigenvalue weighted by atomic mass is 9.98. The number of methoxy groups -OCH3 is 1. The summed E-state index contributed by atoms with van der Waals surface area (Å²) in [6.07, 6.45) is 0.495. The van der Waals surface area contributed by atoms with Gasteiger partial charge < -0.3 is 19.7 Å². The fraction of sp³-hybridized carbons (Fsp3) is 0.464. The maximum Gasteiger partial charge on any atom is 0.318 e. The summed E-state index contributed by atoms with van der Waals surface area (Å²) in [5.74, 6) is 0.442. The molecular weight excluding hydrogens is 506 g/mol. The fourth-order valence-electron chi connectivity index (χ4n) is 4.62. The van der Waals surface area contributed by atoms with Gasteiger partial charge in [0.05, 0.1) is 32.1 Å². The molecular formula is C28H36ClN5O4. The van der Waals surface area contributed by atoms with Crippen LogP contribution in [0.1, 0.15) is 37.4 Å². The minimum Gasteiger partial charge on any atom is -0.497 e. The predicted octanol–water partition coefficient (Wildman–Crippen LogP) is 3.78. The van der Waals surface area contributed by atoms with Crippen LogP contribution in [-0.4, -0.2) is 91.5 Å². The summed E-state index contributed by atoms with van der Waals surface area (Å²) >= 11 is 6.57. The molecule has 2 aromatic rings. The Labute approximate surface area is 229 Å². The van der Waals surface area contributed by atoms with Crippen LogP contribution in [0, 0.1) is 0 Å². The lowest BCUT2D eigenvalue weighted by Gasteiger charge is -2.31. The van der Waals surface area contributed by atoms with E-state index in [1.165, 1.54) is 5.01 Å². The van der Waals surface area contributed by atoms with E-state index in [0.717, 1.165) is 29.9 Å². The Morgan fingerprint density at radius 2 is 1.95 bits per heavy atom. The number of ether oxygens (including phenoxy) is 2. The zero-order valence-corrected chi connectivity index (χ0v) is 23.0. The first-order valence-electron chi connectivity index (χ1n) is 13.0. The lowest BCUT2D eigenvalue weighted by Crippen LogP contribution is -2.50. The molecule has 2 aromatic carbocycles. The molecule has 0 spiro atoms. The van der Waals surface area contributed by atoms with Gasteiger partial charge in [0, 0.05) is 49.2 Å². The molecule has 2 aliphatic rings. The van der Waals surface area contributed by atoms with E-state index in [9.17, 15) is 9.59 Å². The number of urea groups is 1. The van der Waals surface area contributed by atoms with Gasteiger partial charge in [0.25, 0.3) is 5.91 Å². The van der Waals surface area contributed by atoms with Gasteiger partial charge in [-0.2, -0.15) is 5.10 Å². The molecule has 1 fully saturated rings. The van der Waals surface area contributed by atoms with Crippen molar-refractivity contribution in [1.29, 1.82) is 0 Å². The summed E-state index contributed by atoms with van der Waals surface area (Å²) in [5.41, 5.74) is 2.45. The number of rotatable bonds is 9. The smallest absolute Gasteiger partial charge is 0.318 e. The highest BCUT2D eigenvalue weighted by Gasteiger charge is 2.35. The summed E-state index contributed by atoms with van der Waals surface area (Å²) in [5, 5.41) is 9.74. The first-order chi connectivity index (χ1) is 18.4. The highest BCUT2D eigenvalue weighted by molar-refractivity contribution is 6.31. The zero-order chi connectivity index (χ0) is 27.1. The molecule has 4 rings (SSSR count). The molecule has 204 valence electrons. The molecule has 1 unspecified atom stereocenters. The molecule has 1 atom stereocenters. The molecule has 3 amide bonds. The predicted molar refractivity (Wildman–Crippen MR) is 148 cm³/mol. The van der Waals surface area contributed by atoms with Gasteiger partial charge in [0.1, 0.15) is 12.3 Å². The van der Waals surface area contributed by atoms with Crippen molar-refractivity contribution in [2.45, 2.75) is 32.4 Å². The minimum atomic E-state index is -0.383. The van der Waals surface area contributed by atoms with E-state index in [4.69, 9.17) is 26.2 Å². The Balaban J connectivity index is 1.58. The maximum absolute atomic E-state index is 13.8. The van der Waals surface area contributed by atoms with Crippen molar-refractivity contribution in [1.82, 2.24) is 20.1 Å². The second-order valence-corrected chi connectivity index (χ2v) is 10.1. The molecule has 0 radical (unpaired) electrons. The van der Waals surface area contributed by atoms with Crippen LogP contribution < -0.4 is 10.1 Å². The van der Waals surface area contributed by atoms with Crippen molar-refractivity contribution in [3.8, 4) is 5.75 Å². The third kappa shape index (κ3) is 7.03. The number of carbonyl (C=O) groups is 2. The van der Waals surface area contributed by atoms with Crippen LogP contribution in [0.3, 0.4) is 0 Å². The third-order valence-corrected chi connectivity index (χ3v) is 6.99. The van der Waals surface area contributed by atoms with Gasteiger partial charge in [-0.15, -0.1) is 0 Å². The van der Waals surface area contributed by atoms with Crippen molar-refractivity contribution in [3.05, 3.63) is 64.7 Å². The monoisotopic (exact) mass is 541 g/mol. The number of hydrogen-bond acceptors (Lipinski definition) is 6. The molecule has 0 aromatic heterocycles. The van der Waals surface area contributed by atoms with Crippen molar-refractivity contribution in [2.75, 3.05) is 53.0 Å². The van der Waals surface area contributed by atoms with Gasteiger partial charge in [-0.05, 0) is 37.6 Å². The van der Waals surface area contributed by atoms with Crippen molar-refractivity contribution in [3.63, 3.8) is 0 Å². The normalized spacial score (nSPS) is 17.9. The van der Waals surface area contributed by atoms with E-state index in [-0.39, 0.29) is 30.6 Å². The van der Waals surface area contributed by atoms with Crippen LogP contribution in [-0.2, 0) is 9.53 Å². The second kappa shape index (κ2) is 13.1. The summed E-state index contributed by atoms with van der Waals surface area (Å²) in [7, 11) is 1.62. The highest BCUT2D eigenvalue weighted by atomic mass is 35.5. The van der Waals surface area contributed by atoms with Gasteiger partial charge in [0.15, 0.2) is 0 Å². The Morgan fingerprint density at radius 3 is 2.66 bits per heavy atom. The molecule has 9 nitrogen and oxygen atoms in total. The fourth-order valence-corrected chi connectivity index (χ4v) is 4.88. The summed E-state index contributed by atoms with van der Waals surface area (Å²) < 4.78 is 10.8. The van der Waals surface area contributed by atoms with E-state index in [1.807, 2.05) is 62.4 Å². The van der Waals surface area contributed by atoms with Crippen molar-refractivity contribution < 1.29 is 19.1 Å². The van der Waals surface area contributed by atoms with Gasteiger partial charge in [-0.1, -0.05) is 41.9 Å². The van der Waals surface area contributed by atoms with Crippen molar-refractivity contribution in [2.24, 2.45) is 5.10 Å². The zero-order valence-electron chi connectivity index (χ0n) is 22.2. The number of carbonyl (C=O) groups excluding carboxylic acids is 2. The Bertz CT molecular complexity index is 1150. The number of nitrogens with one attached hydrogen (secondary N) is 1. The first-order valence-corrected chi connectivity index (χ1v) is 13.4. The van der Waals surface area contributed by atoms with E-state index < -0.39 is 0 Å². The number of hydrogen-bond donors (Lipinski definition) is 1. The molecule has 0 saturated carbocycles. The standard InChI is InChI=1S/C28H36ClN5O4/c1-20(2)30-28(36)33(12-11-32-13-15-38-16-14-32)19-27(35)34-26(23-9-4-5-10-24(23)29)18-25(31-34)21-7-6-8-22(17-21)37-3/h4-10,17,20,26H,11-16,18-19H2,1-3H3,(H,30,36). The molecule has 0 bridgehead atoms. The van der Waals surface area contributed by atoms with Crippen LogP contribution in [0.25, 0.3) is 0 Å². The molecule has 1 N–H and O–H groups in total. The quantitative estimate of drug-likeness (QED) is 0.522. The molecule has 0 aliphatic carbocycles. The average molecular weight is 542 g/mol. The summed E-state index contributed by atoms with van der Waals surface area (Å²) in [4.78, 5) is 30.7. The largest absolute Gasteiger partial charge is 0.497 e. The molecule has 38 heavy (non-hydrogen) atoms. The van der Waals surface area contributed by atoms with Crippen molar-refractivity contribution >= 4 is 29.3 Å². The molecule has 2 heterocycles. The summed E-state index contributed by atoms with van der Waals surface area (Å²) in [6.45, 7) is 7.74. The second-order valence-electron chi connectivity index (χ2n) is 9.74. The third-order valence-electron chi connectivity index (χ3n) is 6.65. The number of halogens is 1. The van der Waals surface area contributed by atoms with Crippen LogP contribution in [0.4, 0.5) is 4.79 Å². The Hall–Kier alpha value is -3.14.